The maximum Gasteiger partial charge on any atom is 0.422 e. The molecule has 0 amide bonds. The number of hydrogen-bond acceptors (Lipinski definition) is 1. The summed E-state index contributed by atoms with van der Waals surface area (Å²) >= 11 is 2.46. The third-order valence-corrected chi connectivity index (χ3v) is 2.18. The Balaban J connectivity index is 2.93. The van der Waals surface area contributed by atoms with E-state index in [1.54, 1.807) is 12.1 Å². The van der Waals surface area contributed by atoms with Gasteiger partial charge in [0.15, 0.2) is 0 Å². The Hall–Kier alpha value is -0.970. The summed E-state index contributed by atoms with van der Waals surface area (Å²) in [6, 6.07) is 6.12. The van der Waals surface area contributed by atoms with Crippen LogP contribution in [0.4, 0.5) is 18.9 Å². The first kappa shape index (κ1) is 11.1. The molecular weight excluding hydrogens is 259 g/mol. The van der Waals surface area contributed by atoms with Crippen molar-refractivity contribution in [3.05, 3.63) is 34.3 Å². The topological polar surface area (TPSA) is 26.0 Å². The zero-order chi connectivity index (χ0) is 10.8. The third kappa shape index (κ3) is 3.06. The highest BCUT2D eigenvalue weighted by Crippen LogP contribution is 2.31. The van der Waals surface area contributed by atoms with Crippen LogP contribution in [0.2, 0.25) is 0 Å². The maximum atomic E-state index is 12.1. The highest BCUT2D eigenvalue weighted by molar-refractivity contribution is 9.11. The molecule has 0 aliphatic heterocycles. The standard InChI is InChI=1S/C9H7BrF3N/c10-8(9(11,12)13)5-6-1-3-7(14)4-2-6/h1-5H,14H2/b8-5-. The molecule has 0 saturated heterocycles. The number of rotatable bonds is 1. The number of halogens is 4. The second-order valence-corrected chi connectivity index (χ2v) is 3.51. The molecule has 0 heterocycles. The fourth-order valence-electron chi connectivity index (χ4n) is 0.820. The molecule has 1 aromatic carbocycles. The van der Waals surface area contributed by atoms with Gasteiger partial charge in [0, 0.05) is 5.69 Å². The molecule has 5 heteroatoms. The van der Waals surface area contributed by atoms with E-state index in [1.807, 2.05) is 0 Å². The molecule has 76 valence electrons. The van der Waals surface area contributed by atoms with Gasteiger partial charge in [0.25, 0.3) is 0 Å². The van der Waals surface area contributed by atoms with Crippen LogP contribution in [0.1, 0.15) is 5.56 Å². The first-order valence-electron chi connectivity index (χ1n) is 3.69. The van der Waals surface area contributed by atoms with Crippen LogP contribution < -0.4 is 5.73 Å². The molecular formula is C9H7BrF3N. The normalized spacial score (nSPS) is 13.0. The van der Waals surface area contributed by atoms with Gasteiger partial charge < -0.3 is 5.73 Å². The lowest BCUT2D eigenvalue weighted by atomic mass is 10.2. The second-order valence-electron chi connectivity index (χ2n) is 2.66. The summed E-state index contributed by atoms with van der Waals surface area (Å²) < 4.78 is 35.4. The average molecular weight is 266 g/mol. The Morgan fingerprint density at radius 3 is 2.14 bits per heavy atom. The van der Waals surface area contributed by atoms with Gasteiger partial charge in [0.1, 0.15) is 0 Å². The van der Waals surface area contributed by atoms with Crippen LogP contribution in [-0.2, 0) is 0 Å². The van der Waals surface area contributed by atoms with Crippen molar-refractivity contribution < 1.29 is 13.2 Å². The number of nitrogen functional groups attached to an aromatic ring is 1. The number of anilines is 1. The van der Waals surface area contributed by atoms with Crippen LogP contribution in [0.5, 0.6) is 0 Å². The summed E-state index contributed by atoms with van der Waals surface area (Å²) in [6.07, 6.45) is -3.35. The smallest absolute Gasteiger partial charge is 0.399 e. The van der Waals surface area contributed by atoms with Crippen LogP contribution >= 0.6 is 15.9 Å². The molecule has 0 aliphatic rings. The molecule has 1 nitrogen and oxygen atoms in total. The summed E-state index contributed by atoms with van der Waals surface area (Å²) in [5, 5.41) is 0. The van der Waals surface area contributed by atoms with Gasteiger partial charge in [-0.2, -0.15) is 13.2 Å². The lowest BCUT2D eigenvalue weighted by Crippen LogP contribution is -2.06. The predicted octanol–water partition coefficient (Wildman–Crippen LogP) is 3.57. The SMILES string of the molecule is Nc1ccc(/C=C(\Br)C(F)(F)F)cc1. The molecule has 0 aromatic heterocycles. The number of alkyl halides is 3. The first-order valence-corrected chi connectivity index (χ1v) is 4.49. The molecule has 2 N–H and O–H groups in total. The summed E-state index contributed by atoms with van der Waals surface area (Å²) in [5.41, 5.74) is 6.36. The quantitative estimate of drug-likeness (QED) is 0.772. The molecule has 0 aliphatic carbocycles. The van der Waals surface area contributed by atoms with Crippen LogP contribution in [-0.4, -0.2) is 6.18 Å². The maximum absolute atomic E-state index is 12.1. The van der Waals surface area contributed by atoms with Crippen molar-refractivity contribution in [2.45, 2.75) is 6.18 Å². The molecule has 0 atom stereocenters. The monoisotopic (exact) mass is 265 g/mol. The van der Waals surface area contributed by atoms with Gasteiger partial charge in [-0.25, -0.2) is 0 Å². The lowest BCUT2D eigenvalue weighted by Gasteiger charge is -2.04. The van der Waals surface area contributed by atoms with E-state index in [1.165, 1.54) is 12.1 Å². The second kappa shape index (κ2) is 4.04. The van der Waals surface area contributed by atoms with E-state index in [-0.39, 0.29) is 0 Å². The lowest BCUT2D eigenvalue weighted by molar-refractivity contribution is -0.0820. The molecule has 0 unspecified atom stereocenters. The Morgan fingerprint density at radius 1 is 1.21 bits per heavy atom. The van der Waals surface area contributed by atoms with Gasteiger partial charge in [0.05, 0.1) is 4.48 Å². The Kier molecular flexibility index (Phi) is 3.21. The van der Waals surface area contributed by atoms with Gasteiger partial charge in [-0.3, -0.25) is 0 Å². The molecule has 0 spiro atoms. The number of allylic oxidation sites excluding steroid dienone is 1. The molecule has 0 bridgehead atoms. The summed E-state index contributed by atoms with van der Waals surface area (Å²) in [6.45, 7) is 0. The van der Waals surface area contributed by atoms with E-state index in [0.29, 0.717) is 11.3 Å². The zero-order valence-corrected chi connectivity index (χ0v) is 8.56. The van der Waals surface area contributed by atoms with Crippen molar-refractivity contribution >= 4 is 27.7 Å². The summed E-state index contributed by atoms with van der Waals surface area (Å²) in [7, 11) is 0. The molecule has 0 saturated carbocycles. The van der Waals surface area contributed by atoms with E-state index in [2.05, 4.69) is 15.9 Å². The highest BCUT2D eigenvalue weighted by atomic mass is 79.9. The summed E-state index contributed by atoms with van der Waals surface area (Å²) in [5.74, 6) is 0. The van der Waals surface area contributed by atoms with Gasteiger partial charge >= 0.3 is 6.18 Å². The largest absolute Gasteiger partial charge is 0.422 e. The van der Waals surface area contributed by atoms with Crippen molar-refractivity contribution in [2.75, 3.05) is 5.73 Å². The van der Waals surface area contributed by atoms with Crippen molar-refractivity contribution in [3.63, 3.8) is 0 Å². The Bertz CT molecular complexity index is 340. The van der Waals surface area contributed by atoms with Gasteiger partial charge in [-0.15, -0.1) is 0 Å². The van der Waals surface area contributed by atoms with E-state index in [9.17, 15) is 13.2 Å². The number of benzene rings is 1. The van der Waals surface area contributed by atoms with Gasteiger partial charge in [-0.05, 0) is 39.7 Å². The van der Waals surface area contributed by atoms with Gasteiger partial charge in [-0.1, -0.05) is 12.1 Å². The van der Waals surface area contributed by atoms with Crippen LogP contribution in [0, 0.1) is 0 Å². The fraction of sp³-hybridized carbons (Fsp3) is 0.111. The van der Waals surface area contributed by atoms with E-state index >= 15 is 0 Å². The van der Waals surface area contributed by atoms with Gasteiger partial charge in [0.2, 0.25) is 0 Å². The van der Waals surface area contributed by atoms with E-state index in [0.717, 1.165) is 6.08 Å². The van der Waals surface area contributed by atoms with E-state index in [4.69, 9.17) is 5.73 Å². The van der Waals surface area contributed by atoms with Crippen LogP contribution in [0.15, 0.2) is 28.7 Å². The highest BCUT2D eigenvalue weighted by Gasteiger charge is 2.31. The van der Waals surface area contributed by atoms with Crippen LogP contribution in [0.3, 0.4) is 0 Å². The molecule has 1 rings (SSSR count). The predicted molar refractivity (Wildman–Crippen MR) is 53.8 cm³/mol. The average Bonchev–Trinajstić information content (AvgIpc) is 2.07. The molecule has 0 fully saturated rings. The minimum absolute atomic E-state index is 0.448. The third-order valence-electron chi connectivity index (χ3n) is 1.50. The van der Waals surface area contributed by atoms with E-state index < -0.39 is 10.7 Å². The molecule has 1 aromatic rings. The summed E-state index contributed by atoms with van der Waals surface area (Å²) in [4.78, 5) is 0. The zero-order valence-electron chi connectivity index (χ0n) is 6.98. The minimum Gasteiger partial charge on any atom is -0.399 e. The minimum atomic E-state index is -4.35. The van der Waals surface area contributed by atoms with Crippen molar-refractivity contribution in [1.82, 2.24) is 0 Å². The van der Waals surface area contributed by atoms with Crippen molar-refractivity contribution in [1.29, 1.82) is 0 Å². The molecule has 14 heavy (non-hydrogen) atoms. The molecule has 0 radical (unpaired) electrons. The Morgan fingerprint density at radius 2 is 1.71 bits per heavy atom. The fourth-order valence-corrected chi connectivity index (χ4v) is 1.08. The number of nitrogens with two attached hydrogens (primary N) is 1. The van der Waals surface area contributed by atoms with Crippen molar-refractivity contribution in [3.8, 4) is 0 Å². The van der Waals surface area contributed by atoms with Crippen LogP contribution in [0.25, 0.3) is 6.08 Å². The number of hydrogen-bond donors (Lipinski definition) is 1. The Labute approximate surface area is 87.5 Å². The first-order chi connectivity index (χ1) is 6.39. The van der Waals surface area contributed by atoms with Crippen molar-refractivity contribution in [2.24, 2.45) is 0 Å².